The molecule has 0 heterocycles. The fourth-order valence-corrected chi connectivity index (χ4v) is 2.55. The molecule has 0 fully saturated rings. The van der Waals surface area contributed by atoms with Crippen molar-refractivity contribution in [2.75, 3.05) is 12.4 Å². The average molecular weight is 275 g/mol. The first-order chi connectivity index (χ1) is 6.77. The average Bonchev–Trinajstić information content (AvgIpc) is 2.20. The van der Waals surface area contributed by atoms with Gasteiger partial charge in [0.2, 0.25) is 0 Å². The summed E-state index contributed by atoms with van der Waals surface area (Å²) in [7, 11) is 0. The molecule has 14 heavy (non-hydrogen) atoms. The summed E-state index contributed by atoms with van der Waals surface area (Å²) in [5, 5.41) is 8.62. The van der Waals surface area contributed by atoms with Gasteiger partial charge < -0.3 is 5.11 Å². The van der Waals surface area contributed by atoms with E-state index in [-0.39, 0.29) is 6.61 Å². The van der Waals surface area contributed by atoms with Gasteiger partial charge in [0.25, 0.3) is 0 Å². The normalized spacial score (nSPS) is 10.1. The van der Waals surface area contributed by atoms with Crippen LogP contribution in [0.5, 0.6) is 0 Å². The lowest BCUT2D eigenvalue weighted by Gasteiger charge is -2.03. The second-order valence-electron chi connectivity index (χ2n) is 2.73. The minimum atomic E-state index is 0.219. The van der Waals surface area contributed by atoms with Crippen molar-refractivity contribution >= 4 is 34.0 Å². The predicted molar refractivity (Wildman–Crippen MR) is 62.0 cm³/mol. The van der Waals surface area contributed by atoms with Gasteiger partial charge in [0.05, 0.1) is 0 Å². The molecule has 0 unspecified atom stereocenters. The van der Waals surface area contributed by atoms with Gasteiger partial charge >= 0.3 is 0 Å². The van der Waals surface area contributed by atoms with E-state index in [1.54, 1.807) is 23.9 Å². The van der Waals surface area contributed by atoms with Crippen molar-refractivity contribution in [2.45, 2.75) is 11.3 Å². The SMILES string of the molecule is O=Cc1ccc(SCCCO)c(Br)c1. The van der Waals surface area contributed by atoms with Gasteiger partial charge in [-0.3, -0.25) is 4.79 Å². The fourth-order valence-electron chi connectivity index (χ4n) is 0.954. The second-order valence-corrected chi connectivity index (χ2v) is 4.72. The summed E-state index contributed by atoms with van der Waals surface area (Å²) in [6, 6.07) is 5.50. The Morgan fingerprint density at radius 3 is 2.86 bits per heavy atom. The summed E-state index contributed by atoms with van der Waals surface area (Å²) in [4.78, 5) is 11.6. The summed E-state index contributed by atoms with van der Waals surface area (Å²) in [6.07, 6.45) is 1.61. The first-order valence-electron chi connectivity index (χ1n) is 4.26. The zero-order valence-corrected chi connectivity index (χ0v) is 9.97. The molecule has 0 radical (unpaired) electrons. The third kappa shape index (κ3) is 3.44. The molecule has 0 atom stereocenters. The molecule has 0 aliphatic rings. The molecule has 0 aliphatic carbocycles. The van der Waals surface area contributed by atoms with Crippen LogP contribution < -0.4 is 0 Å². The number of aliphatic hydroxyl groups is 1. The molecule has 0 spiro atoms. The van der Waals surface area contributed by atoms with Crippen molar-refractivity contribution in [3.8, 4) is 0 Å². The van der Waals surface area contributed by atoms with Gasteiger partial charge in [-0.15, -0.1) is 11.8 Å². The number of aliphatic hydroxyl groups excluding tert-OH is 1. The Morgan fingerprint density at radius 2 is 2.29 bits per heavy atom. The molecule has 1 rings (SSSR count). The minimum Gasteiger partial charge on any atom is -0.396 e. The van der Waals surface area contributed by atoms with E-state index < -0.39 is 0 Å². The molecule has 2 nitrogen and oxygen atoms in total. The van der Waals surface area contributed by atoms with Crippen LogP contribution in [0.1, 0.15) is 16.8 Å². The molecule has 0 saturated heterocycles. The van der Waals surface area contributed by atoms with Gasteiger partial charge in [0, 0.05) is 27.3 Å². The number of carbonyl (C=O) groups is 1. The second kappa shape index (κ2) is 6.22. The molecule has 1 aromatic rings. The Morgan fingerprint density at radius 1 is 1.50 bits per heavy atom. The number of aldehydes is 1. The van der Waals surface area contributed by atoms with Crippen LogP contribution in [0, 0.1) is 0 Å². The molecule has 4 heteroatoms. The summed E-state index contributed by atoms with van der Waals surface area (Å²) < 4.78 is 0.935. The van der Waals surface area contributed by atoms with E-state index in [2.05, 4.69) is 15.9 Å². The zero-order valence-electron chi connectivity index (χ0n) is 7.57. The van der Waals surface area contributed by atoms with Crippen molar-refractivity contribution in [2.24, 2.45) is 0 Å². The van der Waals surface area contributed by atoms with E-state index in [0.717, 1.165) is 27.8 Å². The van der Waals surface area contributed by atoms with Gasteiger partial charge in [-0.2, -0.15) is 0 Å². The maximum Gasteiger partial charge on any atom is 0.150 e. The van der Waals surface area contributed by atoms with Gasteiger partial charge in [0.15, 0.2) is 0 Å². The third-order valence-electron chi connectivity index (χ3n) is 1.65. The Hall–Kier alpha value is -0.320. The molecule has 0 aliphatic heterocycles. The lowest BCUT2D eigenvalue weighted by molar-refractivity contribution is 0.112. The number of thioether (sulfide) groups is 1. The van der Waals surface area contributed by atoms with E-state index in [1.807, 2.05) is 6.07 Å². The third-order valence-corrected chi connectivity index (χ3v) is 3.73. The van der Waals surface area contributed by atoms with E-state index in [4.69, 9.17) is 5.11 Å². The summed E-state index contributed by atoms with van der Waals surface area (Å²) in [5.74, 6) is 0.884. The van der Waals surface area contributed by atoms with Gasteiger partial charge in [-0.25, -0.2) is 0 Å². The Balaban J connectivity index is 2.64. The maximum atomic E-state index is 10.5. The van der Waals surface area contributed by atoms with Crippen molar-refractivity contribution in [3.05, 3.63) is 28.2 Å². The minimum absolute atomic E-state index is 0.219. The van der Waals surface area contributed by atoms with E-state index >= 15 is 0 Å². The molecule has 0 aromatic heterocycles. The summed E-state index contributed by atoms with van der Waals surface area (Å²) >= 11 is 5.07. The highest BCUT2D eigenvalue weighted by Gasteiger charge is 2.01. The molecule has 0 saturated carbocycles. The van der Waals surface area contributed by atoms with E-state index in [1.165, 1.54) is 0 Å². The molecule has 0 bridgehead atoms. The number of halogens is 1. The molecule has 0 amide bonds. The fraction of sp³-hybridized carbons (Fsp3) is 0.300. The van der Waals surface area contributed by atoms with Crippen LogP contribution in [-0.2, 0) is 0 Å². The lowest BCUT2D eigenvalue weighted by Crippen LogP contribution is -1.87. The number of benzene rings is 1. The first kappa shape index (κ1) is 11.8. The monoisotopic (exact) mass is 274 g/mol. The number of rotatable bonds is 5. The highest BCUT2D eigenvalue weighted by molar-refractivity contribution is 9.10. The maximum absolute atomic E-state index is 10.5. The van der Waals surface area contributed by atoms with Crippen LogP contribution in [0.3, 0.4) is 0 Å². The van der Waals surface area contributed by atoms with Crippen LogP contribution in [0.4, 0.5) is 0 Å². The quantitative estimate of drug-likeness (QED) is 0.510. The first-order valence-corrected chi connectivity index (χ1v) is 6.04. The number of hydrogen-bond acceptors (Lipinski definition) is 3. The summed E-state index contributed by atoms with van der Waals surface area (Å²) in [5.41, 5.74) is 0.670. The van der Waals surface area contributed by atoms with Crippen LogP contribution in [0.15, 0.2) is 27.6 Å². The van der Waals surface area contributed by atoms with Crippen molar-refractivity contribution in [3.63, 3.8) is 0 Å². The van der Waals surface area contributed by atoms with Gasteiger partial charge in [-0.1, -0.05) is 6.07 Å². The van der Waals surface area contributed by atoms with E-state index in [0.29, 0.717) is 5.56 Å². The largest absolute Gasteiger partial charge is 0.396 e. The van der Waals surface area contributed by atoms with Crippen molar-refractivity contribution in [1.82, 2.24) is 0 Å². The number of carbonyl (C=O) groups excluding carboxylic acids is 1. The topological polar surface area (TPSA) is 37.3 Å². The molecular weight excluding hydrogens is 264 g/mol. The number of hydrogen-bond donors (Lipinski definition) is 1. The Kier molecular flexibility index (Phi) is 5.22. The van der Waals surface area contributed by atoms with Crippen LogP contribution in [-0.4, -0.2) is 23.8 Å². The molecule has 76 valence electrons. The molecule has 1 aromatic carbocycles. The highest BCUT2D eigenvalue weighted by Crippen LogP contribution is 2.28. The highest BCUT2D eigenvalue weighted by atomic mass is 79.9. The van der Waals surface area contributed by atoms with Gasteiger partial charge in [0.1, 0.15) is 6.29 Å². The zero-order chi connectivity index (χ0) is 10.4. The predicted octanol–water partition coefficient (Wildman–Crippen LogP) is 2.74. The molecule has 1 N–H and O–H groups in total. The van der Waals surface area contributed by atoms with Crippen LogP contribution >= 0.6 is 27.7 Å². The Bertz CT molecular complexity index is 315. The van der Waals surface area contributed by atoms with Crippen LogP contribution in [0.2, 0.25) is 0 Å². The lowest BCUT2D eigenvalue weighted by atomic mass is 10.2. The Labute approximate surface area is 95.8 Å². The smallest absolute Gasteiger partial charge is 0.150 e. The van der Waals surface area contributed by atoms with Crippen molar-refractivity contribution < 1.29 is 9.90 Å². The molecular formula is C10H11BrO2S. The van der Waals surface area contributed by atoms with E-state index in [9.17, 15) is 4.79 Å². The van der Waals surface area contributed by atoms with Gasteiger partial charge in [-0.05, 0) is 34.5 Å². The summed E-state index contributed by atoms with van der Waals surface area (Å²) in [6.45, 7) is 0.219. The standard InChI is InChI=1S/C10H11BrO2S/c11-9-6-8(7-13)2-3-10(9)14-5-1-4-12/h2-3,6-7,12H,1,4-5H2. The van der Waals surface area contributed by atoms with Crippen molar-refractivity contribution in [1.29, 1.82) is 0 Å². The van der Waals surface area contributed by atoms with Crippen LogP contribution in [0.25, 0.3) is 0 Å².